The Morgan fingerprint density at radius 2 is 2.45 bits per heavy atom. The molecule has 0 saturated heterocycles. The molecule has 1 atom stereocenters. The quantitative estimate of drug-likeness (QED) is 0.157. The minimum absolute atomic E-state index is 0.149. The molecule has 0 saturated carbocycles. The molecule has 0 radical (unpaired) electrons. The fourth-order valence-corrected chi connectivity index (χ4v) is 0.477. The minimum atomic E-state index is -0.730. The average molecular weight is 178 g/mol. The van der Waals surface area contributed by atoms with Crippen LogP contribution >= 0.6 is 12.6 Å². The highest BCUT2D eigenvalue weighted by Crippen LogP contribution is 1.86. The van der Waals surface area contributed by atoms with E-state index in [-0.39, 0.29) is 12.5 Å². The number of ether oxygens (including phenoxy) is 1. The molecule has 1 amide bonds. The van der Waals surface area contributed by atoms with Crippen molar-refractivity contribution in [1.29, 1.82) is 0 Å². The summed E-state index contributed by atoms with van der Waals surface area (Å²) >= 11 is 3.78. The molecule has 0 aliphatic heterocycles. The van der Waals surface area contributed by atoms with Gasteiger partial charge in [0.2, 0.25) is 6.41 Å². The van der Waals surface area contributed by atoms with Gasteiger partial charge in [0, 0.05) is 5.75 Å². The lowest BCUT2D eigenvalue weighted by molar-refractivity contribution is -0.145. The normalized spacial score (nSPS) is 11.8. The van der Waals surface area contributed by atoms with Gasteiger partial charge in [0.05, 0.1) is 0 Å². The Balaban J connectivity index is 3.43. The molecule has 5 nitrogen and oxygen atoms in total. The zero-order valence-corrected chi connectivity index (χ0v) is 6.71. The first-order chi connectivity index (χ1) is 5.22. The van der Waals surface area contributed by atoms with Crippen LogP contribution in [0.4, 0.5) is 0 Å². The molecule has 0 aliphatic rings. The minimum Gasteiger partial charge on any atom is -0.443 e. The maximum atomic E-state index is 10.7. The van der Waals surface area contributed by atoms with Gasteiger partial charge in [0.15, 0.2) is 6.73 Å². The maximum absolute atomic E-state index is 10.7. The van der Waals surface area contributed by atoms with Crippen molar-refractivity contribution in [2.45, 2.75) is 6.04 Å². The molecule has 0 aromatic heterocycles. The maximum Gasteiger partial charge on any atom is 0.325 e. The number of hydrogen-bond acceptors (Lipinski definition) is 5. The van der Waals surface area contributed by atoms with Gasteiger partial charge in [0.1, 0.15) is 6.04 Å². The molecule has 3 N–H and O–H groups in total. The van der Waals surface area contributed by atoms with Crippen molar-refractivity contribution in [3.8, 4) is 0 Å². The highest BCUT2D eigenvalue weighted by atomic mass is 32.1. The summed E-state index contributed by atoms with van der Waals surface area (Å²) in [4.78, 5) is 20.4. The van der Waals surface area contributed by atoms with E-state index in [2.05, 4.69) is 22.7 Å². The molecule has 6 heteroatoms. The van der Waals surface area contributed by atoms with Gasteiger partial charge in [0.25, 0.3) is 0 Å². The summed E-state index contributed by atoms with van der Waals surface area (Å²) in [6.07, 6.45) is 0.430. The van der Waals surface area contributed by atoms with Crippen molar-refractivity contribution in [3.63, 3.8) is 0 Å². The second-order valence-electron chi connectivity index (χ2n) is 1.72. The summed E-state index contributed by atoms with van der Waals surface area (Å²) in [5.41, 5.74) is 5.23. The standard InChI is InChI=1S/C5H10N2O3S/c6-4(1-11)5(9)10-3-7-2-8/h2,4,11H,1,3,6H2,(H,7,8)/t4-/m0/s1. The fraction of sp³-hybridized carbons (Fsp3) is 0.600. The lowest BCUT2D eigenvalue weighted by Crippen LogP contribution is -2.35. The van der Waals surface area contributed by atoms with E-state index in [9.17, 15) is 9.59 Å². The van der Waals surface area contributed by atoms with Crippen molar-refractivity contribution in [1.82, 2.24) is 5.32 Å². The third kappa shape index (κ3) is 4.63. The Kier molecular flexibility index (Phi) is 5.58. The average Bonchev–Trinajstić information content (AvgIpc) is 2.03. The molecule has 0 unspecified atom stereocenters. The number of nitrogens with one attached hydrogen (secondary N) is 1. The number of amides is 1. The van der Waals surface area contributed by atoms with Crippen LogP contribution in [0.1, 0.15) is 0 Å². The molecule has 64 valence electrons. The van der Waals surface area contributed by atoms with Gasteiger partial charge in [-0.1, -0.05) is 0 Å². The monoisotopic (exact) mass is 178 g/mol. The zero-order valence-electron chi connectivity index (χ0n) is 5.82. The number of carbonyl (C=O) groups excluding carboxylic acids is 2. The first kappa shape index (κ1) is 10.2. The second kappa shape index (κ2) is 5.99. The molecular weight excluding hydrogens is 168 g/mol. The van der Waals surface area contributed by atoms with Crippen LogP contribution in [0.3, 0.4) is 0 Å². The summed E-state index contributed by atoms with van der Waals surface area (Å²) in [6.45, 7) is -0.149. The van der Waals surface area contributed by atoms with Crippen LogP contribution in [0.5, 0.6) is 0 Å². The van der Waals surface area contributed by atoms with Gasteiger partial charge >= 0.3 is 5.97 Å². The molecule has 0 aromatic carbocycles. The van der Waals surface area contributed by atoms with Gasteiger partial charge in [-0.05, 0) is 0 Å². The Hall–Kier alpha value is -0.750. The van der Waals surface area contributed by atoms with E-state index in [1.165, 1.54) is 0 Å². The van der Waals surface area contributed by atoms with Crippen LogP contribution < -0.4 is 11.1 Å². The van der Waals surface area contributed by atoms with Crippen molar-refractivity contribution in [2.75, 3.05) is 12.5 Å². The van der Waals surface area contributed by atoms with Crippen molar-refractivity contribution in [2.24, 2.45) is 5.73 Å². The van der Waals surface area contributed by atoms with E-state index >= 15 is 0 Å². The largest absolute Gasteiger partial charge is 0.443 e. The number of nitrogens with two attached hydrogens (primary N) is 1. The van der Waals surface area contributed by atoms with Gasteiger partial charge in [-0.2, -0.15) is 12.6 Å². The summed E-state index contributed by atoms with van der Waals surface area (Å²) in [5, 5.41) is 2.15. The van der Waals surface area contributed by atoms with Gasteiger partial charge < -0.3 is 15.8 Å². The molecule has 0 spiro atoms. The lowest BCUT2D eigenvalue weighted by atomic mass is 10.4. The topological polar surface area (TPSA) is 81.4 Å². The first-order valence-electron chi connectivity index (χ1n) is 2.92. The third-order valence-electron chi connectivity index (χ3n) is 0.881. The Morgan fingerprint density at radius 1 is 1.82 bits per heavy atom. The van der Waals surface area contributed by atoms with Crippen molar-refractivity contribution >= 4 is 25.0 Å². The van der Waals surface area contributed by atoms with E-state index in [1.807, 2.05) is 0 Å². The van der Waals surface area contributed by atoms with E-state index in [0.717, 1.165) is 0 Å². The number of rotatable bonds is 5. The molecule has 0 heterocycles. The predicted octanol–water partition coefficient (Wildman–Crippen LogP) is -1.51. The van der Waals surface area contributed by atoms with Gasteiger partial charge in [-0.3, -0.25) is 9.59 Å². The fourth-order valence-electron chi connectivity index (χ4n) is 0.328. The Morgan fingerprint density at radius 3 is 2.91 bits per heavy atom. The number of thiol groups is 1. The van der Waals surface area contributed by atoms with Crippen molar-refractivity contribution < 1.29 is 14.3 Å². The number of hydrogen-bond donors (Lipinski definition) is 3. The number of carbonyl (C=O) groups is 2. The van der Waals surface area contributed by atoms with Crippen LogP contribution in [0.25, 0.3) is 0 Å². The molecule has 0 rings (SSSR count). The molecule has 0 aliphatic carbocycles. The first-order valence-corrected chi connectivity index (χ1v) is 3.55. The van der Waals surface area contributed by atoms with Gasteiger partial charge in [-0.25, -0.2) is 0 Å². The van der Waals surface area contributed by atoms with Gasteiger partial charge in [-0.15, -0.1) is 0 Å². The van der Waals surface area contributed by atoms with Crippen LogP contribution in [-0.2, 0) is 14.3 Å². The zero-order chi connectivity index (χ0) is 8.69. The molecular formula is C5H10N2O3S. The summed E-state index contributed by atoms with van der Waals surface area (Å²) in [6, 6.07) is -0.730. The Bertz CT molecular complexity index is 142. The van der Waals surface area contributed by atoms with Crippen LogP contribution in [-0.4, -0.2) is 30.9 Å². The van der Waals surface area contributed by atoms with Crippen molar-refractivity contribution in [3.05, 3.63) is 0 Å². The van der Waals surface area contributed by atoms with E-state index < -0.39 is 12.0 Å². The second-order valence-corrected chi connectivity index (χ2v) is 2.08. The number of esters is 1. The Labute approximate surface area is 69.7 Å². The SMILES string of the molecule is N[C@@H](CS)C(=O)OCNC=O. The summed E-state index contributed by atoms with van der Waals surface area (Å²) in [7, 11) is 0. The third-order valence-corrected chi connectivity index (χ3v) is 1.27. The highest BCUT2D eigenvalue weighted by molar-refractivity contribution is 7.80. The molecule has 0 bridgehead atoms. The van der Waals surface area contributed by atoms with Crippen LogP contribution in [0, 0.1) is 0 Å². The molecule has 0 aromatic rings. The van der Waals surface area contributed by atoms with E-state index in [1.54, 1.807) is 0 Å². The van der Waals surface area contributed by atoms with E-state index in [0.29, 0.717) is 6.41 Å². The van der Waals surface area contributed by atoms with Crippen LogP contribution in [0.2, 0.25) is 0 Å². The summed E-state index contributed by atoms with van der Waals surface area (Å²) < 4.78 is 4.48. The smallest absolute Gasteiger partial charge is 0.325 e. The highest BCUT2D eigenvalue weighted by Gasteiger charge is 2.11. The molecule has 0 fully saturated rings. The predicted molar refractivity (Wildman–Crippen MR) is 42.0 cm³/mol. The lowest BCUT2D eigenvalue weighted by Gasteiger charge is -2.07. The summed E-state index contributed by atoms with van der Waals surface area (Å²) in [5.74, 6) is -0.353. The van der Waals surface area contributed by atoms with Crippen LogP contribution in [0.15, 0.2) is 0 Å². The van der Waals surface area contributed by atoms with E-state index in [4.69, 9.17) is 5.73 Å². The molecule has 11 heavy (non-hydrogen) atoms.